The van der Waals surface area contributed by atoms with Crippen molar-refractivity contribution in [2.24, 2.45) is 0 Å². The third kappa shape index (κ3) is 6.51. The van der Waals surface area contributed by atoms with Crippen molar-refractivity contribution in [3.63, 3.8) is 0 Å². The van der Waals surface area contributed by atoms with Crippen molar-refractivity contribution < 1.29 is 4.74 Å². The first-order valence-electron chi connectivity index (χ1n) is 6.35. The Morgan fingerprint density at radius 2 is 1.60 bits per heavy atom. The first kappa shape index (κ1) is 12.5. The second kappa shape index (κ2) is 8.72. The van der Waals surface area contributed by atoms with Crippen LogP contribution in [0.3, 0.4) is 0 Å². The van der Waals surface area contributed by atoms with Crippen molar-refractivity contribution in [3.05, 3.63) is 24.3 Å². The largest absolute Gasteiger partial charge is 0.378 e. The molecule has 0 amide bonds. The molecule has 1 nitrogen and oxygen atoms in total. The number of ether oxygens (including phenoxy) is 1. The quantitative estimate of drug-likeness (QED) is 0.616. The molecule has 0 aliphatic heterocycles. The van der Waals surface area contributed by atoms with Gasteiger partial charge in [0, 0.05) is 6.61 Å². The lowest BCUT2D eigenvalue weighted by atomic mass is 10.1. The van der Waals surface area contributed by atoms with Gasteiger partial charge in [0.25, 0.3) is 0 Å². The molecule has 1 rings (SSSR count). The number of hydrogen-bond donors (Lipinski definition) is 0. The van der Waals surface area contributed by atoms with E-state index >= 15 is 0 Å². The molecule has 1 atom stereocenters. The van der Waals surface area contributed by atoms with E-state index in [1.807, 2.05) is 0 Å². The fourth-order valence-electron chi connectivity index (χ4n) is 1.96. The van der Waals surface area contributed by atoms with Crippen molar-refractivity contribution in [1.82, 2.24) is 0 Å². The Morgan fingerprint density at radius 3 is 2.33 bits per heavy atom. The van der Waals surface area contributed by atoms with Gasteiger partial charge in [-0.15, -0.1) is 0 Å². The topological polar surface area (TPSA) is 9.23 Å². The van der Waals surface area contributed by atoms with E-state index in [-0.39, 0.29) is 0 Å². The van der Waals surface area contributed by atoms with E-state index in [1.165, 1.54) is 44.9 Å². The maximum absolute atomic E-state index is 5.73. The number of hydrogen-bond acceptors (Lipinski definition) is 1. The molecule has 86 valence electrons. The van der Waals surface area contributed by atoms with Crippen molar-refractivity contribution in [3.8, 4) is 0 Å². The Hall–Kier alpha value is -0.560. The minimum atomic E-state index is 0.479. The minimum absolute atomic E-state index is 0.479. The summed E-state index contributed by atoms with van der Waals surface area (Å²) < 4.78 is 5.73. The Labute approximate surface area is 94.2 Å². The predicted octanol–water partition coefficient (Wildman–Crippen LogP) is 4.25. The van der Waals surface area contributed by atoms with Gasteiger partial charge in [-0.1, -0.05) is 24.3 Å². The van der Waals surface area contributed by atoms with Crippen molar-refractivity contribution >= 4 is 0 Å². The summed E-state index contributed by atoms with van der Waals surface area (Å²) in [4.78, 5) is 0. The zero-order chi connectivity index (χ0) is 10.8. The lowest BCUT2D eigenvalue weighted by molar-refractivity contribution is 0.0502. The van der Waals surface area contributed by atoms with Crippen LogP contribution in [-0.4, -0.2) is 12.7 Å². The molecule has 1 aliphatic carbocycles. The summed E-state index contributed by atoms with van der Waals surface area (Å²) in [5, 5.41) is 0. The molecule has 0 aromatic rings. The van der Waals surface area contributed by atoms with Gasteiger partial charge in [-0.3, -0.25) is 0 Å². The zero-order valence-corrected chi connectivity index (χ0v) is 9.95. The Bertz CT molecular complexity index is 194. The summed E-state index contributed by atoms with van der Waals surface area (Å²) in [7, 11) is 0. The van der Waals surface area contributed by atoms with Crippen LogP contribution >= 0.6 is 0 Å². The van der Waals surface area contributed by atoms with Crippen molar-refractivity contribution in [2.45, 2.75) is 58.0 Å². The Kier molecular flexibility index (Phi) is 7.28. The summed E-state index contributed by atoms with van der Waals surface area (Å²) in [6.07, 6.45) is 18.2. The highest BCUT2D eigenvalue weighted by Crippen LogP contribution is 2.13. The molecular weight excluding hydrogens is 184 g/mol. The lowest BCUT2D eigenvalue weighted by Gasteiger charge is -2.15. The van der Waals surface area contributed by atoms with Crippen LogP contribution < -0.4 is 0 Å². The normalized spacial score (nSPS) is 28.7. The maximum Gasteiger partial charge on any atom is 0.0578 e. The summed E-state index contributed by atoms with van der Waals surface area (Å²) in [6, 6.07) is 0. The van der Waals surface area contributed by atoms with Gasteiger partial charge in [0.05, 0.1) is 6.10 Å². The Balaban J connectivity index is 2.34. The molecule has 0 radical (unpaired) electrons. The molecule has 0 heterocycles. The average Bonchev–Trinajstić information content (AvgIpc) is 2.22. The highest BCUT2D eigenvalue weighted by Gasteiger charge is 2.06. The fourth-order valence-corrected chi connectivity index (χ4v) is 1.96. The first-order valence-corrected chi connectivity index (χ1v) is 6.35. The third-order valence-corrected chi connectivity index (χ3v) is 2.79. The van der Waals surface area contributed by atoms with Gasteiger partial charge in [0.15, 0.2) is 0 Å². The van der Waals surface area contributed by atoms with Gasteiger partial charge in [0.2, 0.25) is 0 Å². The van der Waals surface area contributed by atoms with E-state index in [0.717, 1.165) is 6.61 Å². The molecule has 1 unspecified atom stereocenters. The summed E-state index contributed by atoms with van der Waals surface area (Å²) >= 11 is 0. The van der Waals surface area contributed by atoms with Crippen LogP contribution in [0.25, 0.3) is 0 Å². The minimum Gasteiger partial charge on any atom is -0.378 e. The van der Waals surface area contributed by atoms with Crippen LogP contribution in [0.4, 0.5) is 0 Å². The molecule has 0 saturated heterocycles. The van der Waals surface area contributed by atoms with Crippen LogP contribution in [0.2, 0.25) is 0 Å². The van der Waals surface area contributed by atoms with E-state index in [0.29, 0.717) is 6.10 Å². The molecule has 0 spiro atoms. The van der Waals surface area contributed by atoms with Crippen LogP contribution in [0.15, 0.2) is 24.3 Å². The second-order valence-corrected chi connectivity index (χ2v) is 4.11. The van der Waals surface area contributed by atoms with Gasteiger partial charge < -0.3 is 4.74 Å². The molecule has 0 saturated carbocycles. The van der Waals surface area contributed by atoms with Gasteiger partial charge in [-0.2, -0.15) is 0 Å². The zero-order valence-electron chi connectivity index (χ0n) is 9.95. The van der Waals surface area contributed by atoms with Crippen molar-refractivity contribution in [2.75, 3.05) is 6.61 Å². The molecule has 1 heteroatoms. The van der Waals surface area contributed by atoms with Crippen LogP contribution in [0.1, 0.15) is 51.9 Å². The third-order valence-electron chi connectivity index (χ3n) is 2.79. The lowest BCUT2D eigenvalue weighted by Crippen LogP contribution is -2.12. The van der Waals surface area contributed by atoms with E-state index in [4.69, 9.17) is 4.74 Å². The van der Waals surface area contributed by atoms with Crippen LogP contribution in [0.5, 0.6) is 0 Å². The van der Waals surface area contributed by atoms with E-state index < -0.39 is 0 Å². The highest BCUT2D eigenvalue weighted by molar-refractivity contribution is 4.89. The summed E-state index contributed by atoms with van der Waals surface area (Å²) in [5.41, 5.74) is 0. The molecule has 0 aromatic carbocycles. The maximum atomic E-state index is 5.73. The second-order valence-electron chi connectivity index (χ2n) is 4.11. The molecule has 0 bridgehead atoms. The fraction of sp³-hybridized carbons (Fsp3) is 0.714. The standard InChI is InChI=1S/C14H24O/c1-2-15-14-12-10-8-6-4-3-5-7-9-11-13-14/h4,6-7,9,14H,2-3,5,8,10-13H2,1H3/b6-4+,9-7+. The van der Waals surface area contributed by atoms with Crippen LogP contribution in [0, 0.1) is 0 Å². The molecule has 0 N–H and O–H groups in total. The molecule has 15 heavy (non-hydrogen) atoms. The predicted molar refractivity (Wildman–Crippen MR) is 66.0 cm³/mol. The van der Waals surface area contributed by atoms with Crippen LogP contribution in [-0.2, 0) is 4.74 Å². The Morgan fingerprint density at radius 1 is 0.933 bits per heavy atom. The van der Waals surface area contributed by atoms with Gasteiger partial charge in [-0.05, 0) is 51.9 Å². The van der Waals surface area contributed by atoms with Gasteiger partial charge in [-0.25, -0.2) is 0 Å². The molecule has 1 aliphatic rings. The first-order chi connectivity index (χ1) is 7.43. The SMILES string of the molecule is CCOC1CC/C=C/CC/C=C/CCC1. The van der Waals surface area contributed by atoms with E-state index in [1.54, 1.807) is 0 Å². The van der Waals surface area contributed by atoms with Gasteiger partial charge >= 0.3 is 0 Å². The molecular formula is C14H24O. The summed E-state index contributed by atoms with van der Waals surface area (Å²) in [6.45, 7) is 2.94. The van der Waals surface area contributed by atoms with Crippen molar-refractivity contribution in [1.29, 1.82) is 0 Å². The molecule has 0 aromatic heterocycles. The highest BCUT2D eigenvalue weighted by atomic mass is 16.5. The van der Waals surface area contributed by atoms with E-state index in [9.17, 15) is 0 Å². The van der Waals surface area contributed by atoms with E-state index in [2.05, 4.69) is 31.2 Å². The average molecular weight is 208 g/mol. The monoisotopic (exact) mass is 208 g/mol. The number of allylic oxidation sites excluding steroid dienone is 4. The smallest absolute Gasteiger partial charge is 0.0578 e. The number of rotatable bonds is 2. The summed E-state index contributed by atoms with van der Waals surface area (Å²) in [5.74, 6) is 0. The van der Waals surface area contributed by atoms with Gasteiger partial charge in [0.1, 0.15) is 0 Å². The molecule has 0 fully saturated rings.